The number of phenolic OH excluding ortho intramolecular Hbond substituents is 1. The summed E-state index contributed by atoms with van der Waals surface area (Å²) in [6.07, 6.45) is 0. The van der Waals surface area contributed by atoms with Gasteiger partial charge in [0.15, 0.2) is 11.2 Å². The van der Waals surface area contributed by atoms with E-state index in [2.05, 4.69) is 30.9 Å². The van der Waals surface area contributed by atoms with Gasteiger partial charge in [-0.2, -0.15) is 4.98 Å². The summed E-state index contributed by atoms with van der Waals surface area (Å²) < 4.78 is 10.9. The highest BCUT2D eigenvalue weighted by Crippen LogP contribution is 2.27. The van der Waals surface area contributed by atoms with Gasteiger partial charge in [-0.3, -0.25) is 4.79 Å². The molecule has 0 bridgehead atoms. The predicted octanol–water partition coefficient (Wildman–Crippen LogP) is 4.51. The lowest BCUT2D eigenvalue weighted by molar-refractivity contribution is 0.418. The molecule has 0 unspecified atom stereocenters. The molecule has 1 N–H and O–H groups in total. The Balaban J connectivity index is 1.72. The highest BCUT2D eigenvalue weighted by atomic mass is 16.5. The number of benzene rings is 2. The summed E-state index contributed by atoms with van der Waals surface area (Å²) in [7, 11) is 0. The number of hydrogen-bond donors (Lipinski definition) is 1. The zero-order valence-electron chi connectivity index (χ0n) is 15.2. The highest BCUT2D eigenvalue weighted by Gasteiger charge is 2.17. The minimum atomic E-state index is -0.250. The van der Waals surface area contributed by atoms with E-state index in [1.54, 1.807) is 0 Å². The van der Waals surface area contributed by atoms with Crippen LogP contribution < -0.4 is 5.43 Å². The van der Waals surface area contributed by atoms with Gasteiger partial charge in [0.2, 0.25) is 5.82 Å². The molecule has 6 heteroatoms. The van der Waals surface area contributed by atoms with Crippen molar-refractivity contribution in [1.82, 2.24) is 10.1 Å². The van der Waals surface area contributed by atoms with E-state index in [1.165, 1.54) is 29.8 Å². The number of nitrogens with zero attached hydrogens (tertiary/aromatic N) is 2. The van der Waals surface area contributed by atoms with Gasteiger partial charge in [-0.15, -0.1) is 0 Å². The number of rotatable bonds is 2. The molecule has 0 amide bonds. The maximum absolute atomic E-state index is 12.3. The first kappa shape index (κ1) is 17.0. The van der Waals surface area contributed by atoms with Crippen molar-refractivity contribution < 1.29 is 14.0 Å². The van der Waals surface area contributed by atoms with Gasteiger partial charge in [0, 0.05) is 17.7 Å². The van der Waals surface area contributed by atoms with Gasteiger partial charge < -0.3 is 14.0 Å². The summed E-state index contributed by atoms with van der Waals surface area (Å²) in [5.74, 6) is 0.674. The fourth-order valence-corrected chi connectivity index (χ4v) is 2.81. The van der Waals surface area contributed by atoms with Crippen LogP contribution in [0.3, 0.4) is 0 Å². The predicted molar refractivity (Wildman–Crippen MR) is 102 cm³/mol. The van der Waals surface area contributed by atoms with E-state index in [1.807, 2.05) is 24.3 Å². The molecule has 0 fully saturated rings. The molecule has 0 aliphatic carbocycles. The van der Waals surface area contributed by atoms with Gasteiger partial charge >= 0.3 is 0 Å². The lowest BCUT2D eigenvalue weighted by atomic mass is 9.87. The maximum atomic E-state index is 12.3. The first-order valence-electron chi connectivity index (χ1n) is 8.53. The second-order valence-corrected chi connectivity index (χ2v) is 7.41. The van der Waals surface area contributed by atoms with Crippen LogP contribution in [0.4, 0.5) is 0 Å². The molecule has 0 saturated carbocycles. The molecule has 2 aromatic carbocycles. The average Bonchev–Trinajstić information content (AvgIpc) is 3.11. The van der Waals surface area contributed by atoms with Crippen LogP contribution in [0.25, 0.3) is 34.0 Å². The molecule has 2 heterocycles. The van der Waals surface area contributed by atoms with E-state index in [4.69, 9.17) is 8.94 Å². The molecule has 0 radical (unpaired) electrons. The standard InChI is InChI=1S/C21H18N2O4/c1-21(2,3)13-6-4-12(5-7-13)19-22-20(27-23-19)18-11-16(25)15-9-8-14(24)10-17(15)26-18/h4-11,24H,1-3H3. The van der Waals surface area contributed by atoms with Crippen LogP contribution in [0.2, 0.25) is 0 Å². The van der Waals surface area contributed by atoms with E-state index in [0.29, 0.717) is 11.2 Å². The summed E-state index contributed by atoms with van der Waals surface area (Å²) in [6.45, 7) is 6.44. The van der Waals surface area contributed by atoms with Crippen LogP contribution in [0.15, 0.2) is 62.3 Å². The largest absolute Gasteiger partial charge is 0.508 e. The molecule has 6 nitrogen and oxygen atoms in total. The Kier molecular flexibility index (Phi) is 3.84. The maximum Gasteiger partial charge on any atom is 0.294 e. The highest BCUT2D eigenvalue weighted by molar-refractivity contribution is 5.79. The Labute approximate surface area is 155 Å². The van der Waals surface area contributed by atoms with Crippen molar-refractivity contribution in [1.29, 1.82) is 0 Å². The molecule has 4 aromatic rings. The van der Waals surface area contributed by atoms with Crippen LogP contribution in [0, 0.1) is 0 Å². The Morgan fingerprint density at radius 2 is 1.74 bits per heavy atom. The van der Waals surface area contributed by atoms with Gasteiger partial charge in [-0.05, 0) is 23.1 Å². The molecular weight excluding hydrogens is 344 g/mol. The second kappa shape index (κ2) is 6.09. The van der Waals surface area contributed by atoms with Gasteiger partial charge in [0.1, 0.15) is 11.3 Å². The first-order chi connectivity index (χ1) is 12.8. The Bertz CT molecular complexity index is 1180. The van der Waals surface area contributed by atoms with E-state index in [-0.39, 0.29) is 33.8 Å². The molecule has 0 saturated heterocycles. The molecular formula is C21H18N2O4. The van der Waals surface area contributed by atoms with E-state index in [9.17, 15) is 9.90 Å². The fraction of sp³-hybridized carbons (Fsp3) is 0.190. The second-order valence-electron chi connectivity index (χ2n) is 7.41. The zero-order chi connectivity index (χ0) is 19.2. The summed E-state index contributed by atoms with van der Waals surface area (Å²) in [5, 5.41) is 14.0. The van der Waals surface area contributed by atoms with Gasteiger partial charge in [0.05, 0.1) is 5.39 Å². The minimum Gasteiger partial charge on any atom is -0.508 e. The van der Waals surface area contributed by atoms with Crippen molar-refractivity contribution in [3.63, 3.8) is 0 Å². The van der Waals surface area contributed by atoms with Crippen LogP contribution >= 0.6 is 0 Å². The Morgan fingerprint density at radius 1 is 1.00 bits per heavy atom. The zero-order valence-corrected chi connectivity index (χ0v) is 15.2. The molecule has 0 spiro atoms. The Morgan fingerprint density at radius 3 is 2.44 bits per heavy atom. The van der Waals surface area contributed by atoms with Crippen LogP contribution in [-0.4, -0.2) is 15.2 Å². The third-order valence-corrected chi connectivity index (χ3v) is 4.36. The first-order valence-corrected chi connectivity index (χ1v) is 8.53. The monoisotopic (exact) mass is 362 g/mol. The normalized spacial score (nSPS) is 11.8. The van der Waals surface area contributed by atoms with E-state index < -0.39 is 0 Å². The fourth-order valence-electron chi connectivity index (χ4n) is 2.81. The van der Waals surface area contributed by atoms with E-state index in [0.717, 1.165) is 5.56 Å². The van der Waals surface area contributed by atoms with Crippen molar-refractivity contribution in [2.24, 2.45) is 0 Å². The molecule has 136 valence electrons. The van der Waals surface area contributed by atoms with E-state index >= 15 is 0 Å². The number of aromatic hydroxyl groups is 1. The molecule has 0 aliphatic rings. The van der Waals surface area contributed by atoms with Crippen molar-refractivity contribution in [3.8, 4) is 28.8 Å². The van der Waals surface area contributed by atoms with Crippen LogP contribution in [-0.2, 0) is 5.41 Å². The third kappa shape index (κ3) is 3.21. The van der Waals surface area contributed by atoms with Gasteiger partial charge in [-0.1, -0.05) is 50.2 Å². The minimum absolute atomic E-state index is 0.00737. The van der Waals surface area contributed by atoms with Crippen LogP contribution in [0.5, 0.6) is 5.75 Å². The average molecular weight is 362 g/mol. The Hall–Kier alpha value is -3.41. The number of aromatic nitrogens is 2. The summed E-state index contributed by atoms with van der Waals surface area (Å²) in [6, 6.07) is 13.6. The molecule has 0 aliphatic heterocycles. The van der Waals surface area contributed by atoms with Gasteiger partial charge in [0.25, 0.3) is 5.89 Å². The summed E-state index contributed by atoms with van der Waals surface area (Å²) in [5.41, 5.74) is 2.07. The van der Waals surface area contributed by atoms with Gasteiger partial charge in [-0.25, -0.2) is 0 Å². The van der Waals surface area contributed by atoms with Crippen molar-refractivity contribution in [2.45, 2.75) is 26.2 Å². The number of fused-ring (bicyclic) bond motifs is 1. The number of phenols is 1. The topological polar surface area (TPSA) is 89.4 Å². The number of hydrogen-bond acceptors (Lipinski definition) is 6. The quantitative estimate of drug-likeness (QED) is 0.564. The SMILES string of the molecule is CC(C)(C)c1ccc(-c2noc(-c3cc(=O)c4ccc(O)cc4o3)n2)cc1. The summed E-state index contributed by atoms with van der Waals surface area (Å²) >= 11 is 0. The molecule has 0 atom stereocenters. The molecule has 4 rings (SSSR count). The smallest absolute Gasteiger partial charge is 0.294 e. The lowest BCUT2D eigenvalue weighted by Crippen LogP contribution is -2.10. The molecule has 2 aromatic heterocycles. The van der Waals surface area contributed by atoms with Crippen molar-refractivity contribution in [2.75, 3.05) is 0 Å². The van der Waals surface area contributed by atoms with Crippen molar-refractivity contribution >= 4 is 11.0 Å². The molecule has 27 heavy (non-hydrogen) atoms. The lowest BCUT2D eigenvalue weighted by Gasteiger charge is -2.18. The third-order valence-electron chi connectivity index (χ3n) is 4.36. The van der Waals surface area contributed by atoms with Crippen LogP contribution in [0.1, 0.15) is 26.3 Å². The summed E-state index contributed by atoms with van der Waals surface area (Å²) in [4.78, 5) is 16.6. The van der Waals surface area contributed by atoms with Crippen molar-refractivity contribution in [3.05, 3.63) is 64.3 Å².